The topological polar surface area (TPSA) is 114 Å². The molecular formula is C23H25ClN4O6S. The quantitative estimate of drug-likeness (QED) is 0.253. The summed E-state index contributed by atoms with van der Waals surface area (Å²) >= 11 is 11.6. The molecule has 1 aliphatic rings. The SMILES string of the molecule is CCOC(=O)c1ccc(N2CCN(C(=S)NC(=O)c3ccc(OCC)c(Cl)c3)CC2)c([N+](=O)[O-])c1. The summed E-state index contributed by atoms with van der Waals surface area (Å²) in [5, 5.41) is 14.9. The average molecular weight is 521 g/mol. The molecule has 2 aromatic rings. The lowest BCUT2D eigenvalue weighted by molar-refractivity contribution is -0.384. The zero-order valence-corrected chi connectivity index (χ0v) is 20.9. The van der Waals surface area contributed by atoms with Crippen molar-refractivity contribution in [2.75, 3.05) is 44.3 Å². The fourth-order valence-electron chi connectivity index (χ4n) is 3.59. The van der Waals surface area contributed by atoms with Gasteiger partial charge in [-0.2, -0.15) is 0 Å². The lowest BCUT2D eigenvalue weighted by atomic mass is 10.1. The summed E-state index contributed by atoms with van der Waals surface area (Å²) < 4.78 is 10.3. The van der Waals surface area contributed by atoms with E-state index in [9.17, 15) is 19.7 Å². The first kappa shape index (κ1) is 26.2. The molecule has 0 bridgehead atoms. The number of carbonyl (C=O) groups is 2. The number of amides is 1. The molecule has 0 radical (unpaired) electrons. The first-order valence-electron chi connectivity index (χ1n) is 11.0. The van der Waals surface area contributed by atoms with E-state index in [2.05, 4.69) is 5.32 Å². The van der Waals surface area contributed by atoms with Crippen molar-refractivity contribution in [3.63, 3.8) is 0 Å². The minimum Gasteiger partial charge on any atom is -0.492 e. The zero-order chi connectivity index (χ0) is 25.5. The highest BCUT2D eigenvalue weighted by Crippen LogP contribution is 2.30. The number of nitro groups is 1. The molecule has 1 amide bonds. The van der Waals surface area contributed by atoms with Crippen LogP contribution in [0.4, 0.5) is 11.4 Å². The van der Waals surface area contributed by atoms with Crippen molar-refractivity contribution in [1.82, 2.24) is 10.2 Å². The highest BCUT2D eigenvalue weighted by molar-refractivity contribution is 7.80. The minimum atomic E-state index is -0.609. The van der Waals surface area contributed by atoms with Crippen LogP contribution < -0.4 is 15.0 Å². The maximum absolute atomic E-state index is 12.6. The van der Waals surface area contributed by atoms with Gasteiger partial charge in [0.05, 0.1) is 28.7 Å². The molecule has 12 heteroatoms. The Labute approximate surface area is 212 Å². The van der Waals surface area contributed by atoms with E-state index in [0.29, 0.717) is 54.8 Å². The van der Waals surface area contributed by atoms with E-state index in [-0.39, 0.29) is 23.0 Å². The van der Waals surface area contributed by atoms with Crippen molar-refractivity contribution >= 4 is 52.2 Å². The Morgan fingerprint density at radius 1 is 1.09 bits per heavy atom. The standard InChI is InChI=1S/C23H25ClN4O6S/c1-3-33-20-8-6-15(13-17(20)24)21(29)25-23(35)27-11-9-26(10-12-27)18-7-5-16(22(30)34-4-2)14-19(18)28(31)32/h5-8,13-14H,3-4,9-12H2,1-2H3,(H,25,29,35). The van der Waals surface area contributed by atoms with Gasteiger partial charge in [0, 0.05) is 37.8 Å². The Morgan fingerprint density at radius 2 is 1.77 bits per heavy atom. The van der Waals surface area contributed by atoms with E-state index in [4.69, 9.17) is 33.3 Å². The van der Waals surface area contributed by atoms with Crippen LogP contribution in [0.15, 0.2) is 36.4 Å². The third kappa shape index (κ3) is 6.37. The minimum absolute atomic E-state index is 0.124. The van der Waals surface area contributed by atoms with E-state index in [1.54, 1.807) is 25.1 Å². The van der Waals surface area contributed by atoms with Crippen molar-refractivity contribution in [1.29, 1.82) is 0 Å². The number of nitro benzene ring substituents is 1. The van der Waals surface area contributed by atoms with E-state index in [0.717, 1.165) is 0 Å². The van der Waals surface area contributed by atoms with Crippen LogP contribution in [-0.4, -0.2) is 66.2 Å². The fourth-order valence-corrected chi connectivity index (χ4v) is 4.10. The van der Waals surface area contributed by atoms with Crippen molar-refractivity contribution in [3.05, 3.63) is 62.7 Å². The smallest absolute Gasteiger partial charge is 0.338 e. The molecule has 2 aromatic carbocycles. The summed E-state index contributed by atoms with van der Waals surface area (Å²) in [5.74, 6) is -0.511. The van der Waals surface area contributed by atoms with Gasteiger partial charge in [-0.1, -0.05) is 11.6 Å². The van der Waals surface area contributed by atoms with Crippen molar-refractivity contribution < 1.29 is 24.0 Å². The number of ether oxygens (including phenoxy) is 2. The van der Waals surface area contributed by atoms with Crippen LogP contribution in [0.5, 0.6) is 5.75 Å². The molecule has 0 aromatic heterocycles. The second-order valence-corrected chi connectivity index (χ2v) is 8.29. The first-order chi connectivity index (χ1) is 16.7. The summed E-state index contributed by atoms with van der Waals surface area (Å²) in [6.45, 7) is 5.90. The largest absolute Gasteiger partial charge is 0.492 e. The Kier molecular flexibility index (Phi) is 8.83. The Bertz CT molecular complexity index is 1140. The molecule has 1 aliphatic heterocycles. The monoisotopic (exact) mass is 520 g/mol. The van der Waals surface area contributed by atoms with Crippen LogP contribution in [0.1, 0.15) is 34.6 Å². The lowest BCUT2D eigenvalue weighted by Crippen LogP contribution is -2.52. The molecule has 1 N–H and O–H groups in total. The van der Waals surface area contributed by atoms with Crippen molar-refractivity contribution in [2.24, 2.45) is 0 Å². The maximum atomic E-state index is 12.6. The van der Waals surface area contributed by atoms with Crippen LogP contribution in [0.3, 0.4) is 0 Å². The fraction of sp³-hybridized carbons (Fsp3) is 0.348. The van der Waals surface area contributed by atoms with Crippen LogP contribution in [-0.2, 0) is 4.74 Å². The van der Waals surface area contributed by atoms with Gasteiger partial charge in [0.15, 0.2) is 5.11 Å². The number of hydrogen-bond acceptors (Lipinski definition) is 8. The molecular weight excluding hydrogens is 496 g/mol. The summed E-state index contributed by atoms with van der Waals surface area (Å²) in [6, 6.07) is 9.04. The molecule has 0 saturated carbocycles. The Hall–Kier alpha value is -3.44. The molecule has 1 heterocycles. The summed E-state index contributed by atoms with van der Waals surface area (Å²) in [5.41, 5.74) is 0.699. The summed E-state index contributed by atoms with van der Waals surface area (Å²) in [7, 11) is 0. The molecule has 10 nitrogen and oxygen atoms in total. The third-order valence-electron chi connectivity index (χ3n) is 5.31. The van der Waals surface area contributed by atoms with Gasteiger partial charge in [0.25, 0.3) is 11.6 Å². The first-order valence-corrected chi connectivity index (χ1v) is 11.8. The van der Waals surface area contributed by atoms with Gasteiger partial charge in [-0.25, -0.2) is 4.79 Å². The van der Waals surface area contributed by atoms with E-state index in [1.165, 1.54) is 18.2 Å². The molecule has 0 unspecified atom stereocenters. The average Bonchev–Trinajstić information content (AvgIpc) is 2.85. The lowest BCUT2D eigenvalue weighted by Gasteiger charge is -2.37. The van der Waals surface area contributed by atoms with Gasteiger partial charge < -0.3 is 19.3 Å². The van der Waals surface area contributed by atoms with Crippen LogP contribution in [0.25, 0.3) is 0 Å². The second-order valence-electron chi connectivity index (χ2n) is 7.49. The molecule has 1 fully saturated rings. The summed E-state index contributed by atoms with van der Waals surface area (Å²) in [4.78, 5) is 39.3. The van der Waals surface area contributed by atoms with Crippen molar-refractivity contribution in [2.45, 2.75) is 13.8 Å². The van der Waals surface area contributed by atoms with Crippen LogP contribution >= 0.6 is 23.8 Å². The van der Waals surface area contributed by atoms with Crippen LogP contribution in [0, 0.1) is 10.1 Å². The normalized spacial score (nSPS) is 13.2. The third-order valence-corrected chi connectivity index (χ3v) is 5.96. The molecule has 3 rings (SSSR count). The molecule has 0 aliphatic carbocycles. The van der Waals surface area contributed by atoms with E-state index in [1.807, 2.05) is 16.7 Å². The molecule has 1 saturated heterocycles. The Morgan fingerprint density at radius 3 is 2.37 bits per heavy atom. The zero-order valence-electron chi connectivity index (χ0n) is 19.3. The highest BCUT2D eigenvalue weighted by Gasteiger charge is 2.27. The number of benzene rings is 2. The predicted octanol–water partition coefficient (Wildman–Crippen LogP) is 3.66. The molecule has 35 heavy (non-hydrogen) atoms. The highest BCUT2D eigenvalue weighted by atomic mass is 35.5. The van der Waals surface area contributed by atoms with E-state index >= 15 is 0 Å². The second kappa shape index (κ2) is 11.8. The van der Waals surface area contributed by atoms with Gasteiger partial charge in [-0.3, -0.25) is 20.2 Å². The van der Waals surface area contributed by atoms with E-state index < -0.39 is 16.8 Å². The molecule has 0 spiro atoms. The van der Waals surface area contributed by atoms with Gasteiger partial charge in [-0.05, 0) is 56.4 Å². The van der Waals surface area contributed by atoms with Gasteiger partial charge >= 0.3 is 5.97 Å². The van der Waals surface area contributed by atoms with Gasteiger partial charge in [0.1, 0.15) is 11.4 Å². The number of piperazine rings is 1. The Balaban J connectivity index is 1.63. The number of anilines is 1. The maximum Gasteiger partial charge on any atom is 0.338 e. The summed E-state index contributed by atoms with van der Waals surface area (Å²) in [6.07, 6.45) is 0. The van der Waals surface area contributed by atoms with Crippen molar-refractivity contribution in [3.8, 4) is 5.75 Å². The van der Waals surface area contributed by atoms with Gasteiger partial charge in [0.2, 0.25) is 0 Å². The number of nitrogens with zero attached hydrogens (tertiary/aromatic N) is 3. The number of thiocarbonyl (C=S) groups is 1. The predicted molar refractivity (Wildman–Crippen MR) is 136 cm³/mol. The number of hydrogen-bond donors (Lipinski definition) is 1. The number of rotatable bonds is 7. The number of halogens is 1. The molecule has 186 valence electrons. The van der Waals surface area contributed by atoms with Gasteiger partial charge in [-0.15, -0.1) is 0 Å². The number of nitrogens with one attached hydrogen (secondary N) is 1. The van der Waals surface area contributed by atoms with Crippen LogP contribution in [0.2, 0.25) is 5.02 Å². The number of carbonyl (C=O) groups excluding carboxylic acids is 2. The number of esters is 1. The molecule has 0 atom stereocenters.